The first-order valence-corrected chi connectivity index (χ1v) is 9.49. The lowest BCUT2D eigenvalue weighted by Crippen LogP contribution is -2.25. The summed E-state index contributed by atoms with van der Waals surface area (Å²) in [7, 11) is 0. The van der Waals surface area contributed by atoms with Gasteiger partial charge in [-0.15, -0.1) is 0 Å². The normalized spacial score (nSPS) is 20.4. The van der Waals surface area contributed by atoms with Crippen molar-refractivity contribution in [2.75, 3.05) is 19.6 Å². The van der Waals surface area contributed by atoms with Crippen LogP contribution in [0, 0.1) is 0 Å². The maximum atomic E-state index is 5.07. The number of hydrogen-bond acceptors (Lipinski definition) is 2. The van der Waals surface area contributed by atoms with Gasteiger partial charge in [0.1, 0.15) is 0 Å². The summed E-state index contributed by atoms with van der Waals surface area (Å²) >= 11 is 0. The molecule has 2 aromatic rings. The highest BCUT2D eigenvalue weighted by atomic mass is 15.1. The van der Waals surface area contributed by atoms with Crippen molar-refractivity contribution in [3.05, 3.63) is 41.1 Å². The maximum absolute atomic E-state index is 5.07. The van der Waals surface area contributed by atoms with Gasteiger partial charge in [-0.3, -0.25) is 4.98 Å². The van der Waals surface area contributed by atoms with Crippen molar-refractivity contribution < 1.29 is 0 Å². The molecule has 122 valence electrons. The van der Waals surface area contributed by atoms with Gasteiger partial charge < -0.3 is 4.90 Å². The molecule has 1 aromatic heterocycles. The predicted molar refractivity (Wildman–Crippen MR) is 97.1 cm³/mol. The molecule has 2 nitrogen and oxygen atoms in total. The molecule has 2 aliphatic rings. The van der Waals surface area contributed by atoms with E-state index in [4.69, 9.17) is 4.98 Å². The van der Waals surface area contributed by atoms with Crippen LogP contribution in [0.2, 0.25) is 0 Å². The summed E-state index contributed by atoms with van der Waals surface area (Å²) in [6.45, 7) is 5.80. The number of nitrogens with zero attached hydrogens (tertiary/aromatic N) is 2. The Balaban J connectivity index is 1.85. The highest BCUT2D eigenvalue weighted by molar-refractivity contribution is 5.84. The Labute approximate surface area is 139 Å². The van der Waals surface area contributed by atoms with Crippen molar-refractivity contribution in [1.82, 2.24) is 9.88 Å². The van der Waals surface area contributed by atoms with Gasteiger partial charge in [-0.2, -0.15) is 0 Å². The number of fused-ring (bicyclic) bond motifs is 2. The van der Waals surface area contributed by atoms with Crippen molar-refractivity contribution in [3.8, 4) is 0 Å². The van der Waals surface area contributed by atoms with Crippen LogP contribution in [0.3, 0.4) is 0 Å². The molecule has 2 heterocycles. The van der Waals surface area contributed by atoms with Gasteiger partial charge >= 0.3 is 0 Å². The van der Waals surface area contributed by atoms with E-state index in [9.17, 15) is 0 Å². The summed E-state index contributed by atoms with van der Waals surface area (Å²) in [6.07, 6.45) is 9.27. The first-order chi connectivity index (χ1) is 11.4. The number of likely N-dealkylation sites (N-methyl/N-ethyl adjacent to an activating group) is 1. The van der Waals surface area contributed by atoms with E-state index in [1.165, 1.54) is 68.2 Å². The summed E-state index contributed by atoms with van der Waals surface area (Å²) in [5.74, 6) is 0.763. The van der Waals surface area contributed by atoms with Crippen molar-refractivity contribution >= 4 is 10.9 Å². The van der Waals surface area contributed by atoms with Gasteiger partial charge in [-0.1, -0.05) is 44.4 Å². The summed E-state index contributed by atoms with van der Waals surface area (Å²) in [4.78, 5) is 7.65. The number of aromatic nitrogens is 1. The zero-order valence-electron chi connectivity index (χ0n) is 14.4. The highest BCUT2D eigenvalue weighted by Crippen LogP contribution is 2.39. The topological polar surface area (TPSA) is 16.1 Å². The molecule has 0 spiro atoms. The van der Waals surface area contributed by atoms with E-state index in [0.717, 1.165) is 18.9 Å². The molecule has 1 aliphatic carbocycles. The molecule has 0 unspecified atom stereocenters. The SMILES string of the molecule is CCN1CCc2nc3ccccc3c(C3CCCCC3)c2CC1. The van der Waals surface area contributed by atoms with Gasteiger partial charge in [-0.25, -0.2) is 0 Å². The van der Waals surface area contributed by atoms with Crippen LogP contribution in [0.1, 0.15) is 61.8 Å². The van der Waals surface area contributed by atoms with E-state index in [2.05, 4.69) is 36.1 Å². The monoisotopic (exact) mass is 308 g/mol. The minimum Gasteiger partial charge on any atom is -0.303 e. The molecule has 0 atom stereocenters. The van der Waals surface area contributed by atoms with Crippen LogP contribution < -0.4 is 0 Å². The minimum atomic E-state index is 0.763. The van der Waals surface area contributed by atoms with E-state index in [1.54, 1.807) is 11.1 Å². The zero-order valence-corrected chi connectivity index (χ0v) is 14.4. The predicted octanol–water partition coefficient (Wildman–Crippen LogP) is 4.70. The lowest BCUT2D eigenvalue weighted by molar-refractivity contribution is 0.302. The number of para-hydroxylation sites is 1. The molecule has 1 fully saturated rings. The largest absolute Gasteiger partial charge is 0.303 e. The molecule has 1 aromatic carbocycles. The third kappa shape index (κ3) is 2.89. The van der Waals surface area contributed by atoms with E-state index < -0.39 is 0 Å². The van der Waals surface area contributed by atoms with Crippen molar-refractivity contribution in [2.24, 2.45) is 0 Å². The molecular formula is C21H28N2. The number of hydrogen-bond donors (Lipinski definition) is 0. The average Bonchev–Trinajstić information content (AvgIpc) is 2.82. The Morgan fingerprint density at radius 1 is 1.04 bits per heavy atom. The Morgan fingerprint density at radius 3 is 2.65 bits per heavy atom. The van der Waals surface area contributed by atoms with Crippen LogP contribution in [-0.4, -0.2) is 29.5 Å². The van der Waals surface area contributed by atoms with Crippen LogP contribution in [0.15, 0.2) is 24.3 Å². The third-order valence-electron chi connectivity index (χ3n) is 5.93. The quantitative estimate of drug-likeness (QED) is 0.799. The summed E-state index contributed by atoms with van der Waals surface area (Å²) in [5, 5.41) is 1.43. The average molecular weight is 308 g/mol. The van der Waals surface area contributed by atoms with Gasteiger partial charge in [0.05, 0.1) is 5.52 Å². The van der Waals surface area contributed by atoms with Crippen LogP contribution in [-0.2, 0) is 12.8 Å². The van der Waals surface area contributed by atoms with Gasteiger partial charge in [-0.05, 0) is 48.9 Å². The lowest BCUT2D eigenvalue weighted by atomic mass is 9.79. The van der Waals surface area contributed by atoms with E-state index >= 15 is 0 Å². The second-order valence-corrected chi connectivity index (χ2v) is 7.24. The van der Waals surface area contributed by atoms with Crippen LogP contribution >= 0.6 is 0 Å². The zero-order chi connectivity index (χ0) is 15.6. The Hall–Kier alpha value is -1.41. The Bertz CT molecular complexity index is 686. The summed E-state index contributed by atoms with van der Waals surface area (Å²) in [5.41, 5.74) is 5.88. The van der Waals surface area contributed by atoms with E-state index in [0.29, 0.717) is 0 Å². The smallest absolute Gasteiger partial charge is 0.0708 e. The molecule has 0 bridgehead atoms. The minimum absolute atomic E-state index is 0.763. The highest BCUT2D eigenvalue weighted by Gasteiger charge is 2.25. The Kier molecular flexibility index (Phi) is 4.35. The van der Waals surface area contributed by atoms with Crippen LogP contribution in [0.4, 0.5) is 0 Å². The first kappa shape index (κ1) is 15.1. The fourth-order valence-electron chi connectivity index (χ4n) is 4.64. The van der Waals surface area contributed by atoms with Crippen molar-refractivity contribution in [3.63, 3.8) is 0 Å². The van der Waals surface area contributed by atoms with Crippen LogP contribution in [0.25, 0.3) is 10.9 Å². The molecule has 2 heteroatoms. The maximum Gasteiger partial charge on any atom is 0.0708 e. The van der Waals surface area contributed by atoms with Crippen LogP contribution in [0.5, 0.6) is 0 Å². The fourth-order valence-corrected chi connectivity index (χ4v) is 4.64. The molecule has 23 heavy (non-hydrogen) atoms. The van der Waals surface area contributed by atoms with E-state index in [1.807, 2.05) is 0 Å². The number of benzene rings is 1. The van der Waals surface area contributed by atoms with Gasteiger partial charge in [0.15, 0.2) is 0 Å². The molecule has 4 rings (SSSR count). The van der Waals surface area contributed by atoms with Crippen molar-refractivity contribution in [2.45, 2.75) is 57.8 Å². The number of pyridine rings is 1. The standard InChI is InChI=1S/C21H28N2/c1-2-23-14-12-18-20(13-15-23)22-19-11-7-6-10-17(19)21(18)16-8-4-3-5-9-16/h6-7,10-11,16H,2-5,8-9,12-15H2,1H3. The molecule has 0 radical (unpaired) electrons. The fraction of sp³-hybridized carbons (Fsp3) is 0.571. The number of rotatable bonds is 2. The molecule has 0 amide bonds. The third-order valence-corrected chi connectivity index (χ3v) is 5.93. The van der Waals surface area contributed by atoms with Crippen molar-refractivity contribution in [1.29, 1.82) is 0 Å². The summed E-state index contributed by atoms with van der Waals surface area (Å²) < 4.78 is 0. The van der Waals surface area contributed by atoms with Gasteiger partial charge in [0, 0.05) is 30.6 Å². The van der Waals surface area contributed by atoms with E-state index in [-0.39, 0.29) is 0 Å². The summed E-state index contributed by atoms with van der Waals surface area (Å²) in [6, 6.07) is 8.86. The molecule has 1 saturated carbocycles. The van der Waals surface area contributed by atoms with Gasteiger partial charge in [0.2, 0.25) is 0 Å². The second kappa shape index (κ2) is 6.60. The first-order valence-electron chi connectivity index (χ1n) is 9.49. The second-order valence-electron chi connectivity index (χ2n) is 7.24. The Morgan fingerprint density at radius 2 is 1.83 bits per heavy atom. The van der Waals surface area contributed by atoms with Gasteiger partial charge in [0.25, 0.3) is 0 Å². The lowest BCUT2D eigenvalue weighted by Gasteiger charge is -2.27. The molecule has 0 saturated heterocycles. The molecular weight excluding hydrogens is 280 g/mol. The molecule has 1 aliphatic heterocycles. The molecule has 0 N–H and O–H groups in total.